The molecule has 0 spiro atoms. The number of rotatable bonds is 6. The van der Waals surface area contributed by atoms with Crippen LogP contribution in [-0.4, -0.2) is 42.0 Å². The van der Waals surface area contributed by atoms with Crippen LogP contribution in [0.4, 0.5) is 5.88 Å². The van der Waals surface area contributed by atoms with E-state index >= 15 is 0 Å². The van der Waals surface area contributed by atoms with Gasteiger partial charge in [0.15, 0.2) is 5.76 Å². The average Bonchev–Trinajstić information content (AvgIpc) is 3.12. The summed E-state index contributed by atoms with van der Waals surface area (Å²) >= 11 is 0. The smallest absolute Gasteiger partial charge is 0.395 e. The molecule has 132 valence electrons. The molecule has 1 aromatic carbocycles. The SMILES string of the molecule is O=C(NCc1ccccc1CN1CCOCC1)c1ccc([N+](=O)[O-])o1. The van der Waals surface area contributed by atoms with Crippen molar-refractivity contribution in [1.82, 2.24) is 10.2 Å². The molecule has 1 N–H and O–H groups in total. The summed E-state index contributed by atoms with van der Waals surface area (Å²) in [5, 5.41) is 13.4. The minimum Gasteiger partial charge on any atom is -0.395 e. The van der Waals surface area contributed by atoms with E-state index in [0.717, 1.165) is 44.0 Å². The molecule has 3 rings (SSSR count). The van der Waals surface area contributed by atoms with Gasteiger partial charge in [-0.2, -0.15) is 0 Å². The van der Waals surface area contributed by atoms with Crippen LogP contribution in [0.15, 0.2) is 40.8 Å². The highest BCUT2D eigenvalue weighted by molar-refractivity contribution is 5.91. The van der Waals surface area contributed by atoms with E-state index in [9.17, 15) is 14.9 Å². The van der Waals surface area contributed by atoms with Gasteiger partial charge in [0, 0.05) is 26.2 Å². The number of nitrogens with one attached hydrogen (secondary N) is 1. The molecule has 8 heteroatoms. The van der Waals surface area contributed by atoms with Crippen molar-refractivity contribution < 1.29 is 18.9 Å². The van der Waals surface area contributed by atoms with Crippen molar-refractivity contribution in [1.29, 1.82) is 0 Å². The maximum Gasteiger partial charge on any atom is 0.433 e. The molecule has 1 amide bonds. The second-order valence-corrected chi connectivity index (χ2v) is 5.73. The molecule has 2 aromatic rings. The van der Waals surface area contributed by atoms with E-state index < -0.39 is 16.7 Å². The molecule has 0 bridgehead atoms. The number of carbonyl (C=O) groups is 1. The minimum absolute atomic E-state index is 0.0719. The van der Waals surface area contributed by atoms with Gasteiger partial charge in [-0.3, -0.25) is 19.8 Å². The monoisotopic (exact) mass is 345 g/mol. The zero-order valence-electron chi connectivity index (χ0n) is 13.6. The lowest BCUT2D eigenvalue weighted by Gasteiger charge is -2.27. The van der Waals surface area contributed by atoms with Crippen LogP contribution in [-0.2, 0) is 17.8 Å². The van der Waals surface area contributed by atoms with Gasteiger partial charge in [0.05, 0.1) is 19.3 Å². The Labute approximate surface area is 144 Å². The third kappa shape index (κ3) is 4.43. The van der Waals surface area contributed by atoms with Crippen LogP contribution in [0.25, 0.3) is 0 Å². The first-order valence-corrected chi connectivity index (χ1v) is 8.03. The highest BCUT2D eigenvalue weighted by Gasteiger charge is 2.18. The molecule has 1 saturated heterocycles. The maximum absolute atomic E-state index is 12.1. The third-order valence-corrected chi connectivity index (χ3v) is 4.05. The number of nitrogens with zero attached hydrogens (tertiary/aromatic N) is 2. The van der Waals surface area contributed by atoms with Crippen LogP contribution >= 0.6 is 0 Å². The molecule has 8 nitrogen and oxygen atoms in total. The molecule has 0 atom stereocenters. The van der Waals surface area contributed by atoms with Gasteiger partial charge < -0.3 is 14.5 Å². The first kappa shape index (κ1) is 17.1. The standard InChI is InChI=1S/C17H19N3O5/c21-17(15-5-6-16(25-15)20(22)23)18-11-13-3-1-2-4-14(13)12-19-7-9-24-10-8-19/h1-6H,7-12H2,(H,18,21). The Morgan fingerprint density at radius 3 is 2.56 bits per heavy atom. The Kier molecular flexibility index (Phi) is 5.42. The Bertz CT molecular complexity index is 752. The molecule has 1 aromatic heterocycles. The third-order valence-electron chi connectivity index (χ3n) is 4.05. The van der Waals surface area contributed by atoms with Gasteiger partial charge in [-0.1, -0.05) is 24.3 Å². The van der Waals surface area contributed by atoms with Crippen molar-refractivity contribution in [3.05, 3.63) is 63.4 Å². The predicted octanol–water partition coefficient (Wildman–Crippen LogP) is 1.95. The lowest BCUT2D eigenvalue weighted by Crippen LogP contribution is -2.36. The normalized spacial score (nSPS) is 15.0. The lowest BCUT2D eigenvalue weighted by molar-refractivity contribution is -0.402. The Hall–Kier alpha value is -2.71. The van der Waals surface area contributed by atoms with E-state index in [1.54, 1.807) is 0 Å². The molecular weight excluding hydrogens is 326 g/mol. The maximum atomic E-state index is 12.1. The lowest BCUT2D eigenvalue weighted by atomic mass is 10.1. The molecular formula is C17H19N3O5. The van der Waals surface area contributed by atoms with Crippen molar-refractivity contribution >= 4 is 11.8 Å². The summed E-state index contributed by atoms with van der Waals surface area (Å²) in [6.07, 6.45) is 0. The van der Waals surface area contributed by atoms with Crippen LogP contribution in [0.5, 0.6) is 0 Å². The van der Waals surface area contributed by atoms with Gasteiger partial charge in [-0.25, -0.2) is 0 Å². The van der Waals surface area contributed by atoms with Crippen LogP contribution in [0.1, 0.15) is 21.7 Å². The van der Waals surface area contributed by atoms with Crippen molar-refractivity contribution in [3.63, 3.8) is 0 Å². The molecule has 2 heterocycles. The van der Waals surface area contributed by atoms with E-state index in [1.165, 1.54) is 12.1 Å². The largest absolute Gasteiger partial charge is 0.433 e. The van der Waals surface area contributed by atoms with Gasteiger partial charge >= 0.3 is 5.88 Å². The van der Waals surface area contributed by atoms with Gasteiger partial charge in [0.1, 0.15) is 4.92 Å². The first-order valence-electron chi connectivity index (χ1n) is 8.03. The van der Waals surface area contributed by atoms with Crippen LogP contribution in [0.2, 0.25) is 0 Å². The highest BCUT2D eigenvalue weighted by atomic mass is 16.6. The molecule has 1 fully saturated rings. The minimum atomic E-state index is -0.672. The molecule has 0 radical (unpaired) electrons. The quantitative estimate of drug-likeness (QED) is 0.635. The van der Waals surface area contributed by atoms with Crippen molar-refractivity contribution in [3.8, 4) is 0 Å². The zero-order chi connectivity index (χ0) is 17.6. The molecule has 25 heavy (non-hydrogen) atoms. The number of hydrogen-bond acceptors (Lipinski definition) is 6. The van der Waals surface area contributed by atoms with E-state index in [0.29, 0.717) is 6.54 Å². The van der Waals surface area contributed by atoms with Crippen molar-refractivity contribution in [2.75, 3.05) is 26.3 Å². The summed E-state index contributed by atoms with van der Waals surface area (Å²) in [6.45, 7) is 4.36. The van der Waals surface area contributed by atoms with E-state index in [-0.39, 0.29) is 5.76 Å². The van der Waals surface area contributed by atoms with E-state index in [4.69, 9.17) is 9.15 Å². The molecule has 1 aliphatic rings. The number of carbonyl (C=O) groups excluding carboxylic acids is 1. The fourth-order valence-electron chi connectivity index (χ4n) is 2.69. The second-order valence-electron chi connectivity index (χ2n) is 5.73. The number of nitro groups is 1. The van der Waals surface area contributed by atoms with Gasteiger partial charge in [-0.05, 0) is 17.2 Å². The summed E-state index contributed by atoms with van der Waals surface area (Å²) in [5.41, 5.74) is 2.14. The van der Waals surface area contributed by atoms with Crippen LogP contribution in [0.3, 0.4) is 0 Å². The number of amides is 1. The number of benzene rings is 1. The highest BCUT2D eigenvalue weighted by Crippen LogP contribution is 2.16. The Morgan fingerprint density at radius 1 is 1.16 bits per heavy atom. The van der Waals surface area contributed by atoms with Crippen molar-refractivity contribution in [2.45, 2.75) is 13.1 Å². The molecule has 0 aliphatic carbocycles. The Balaban J connectivity index is 1.62. The van der Waals surface area contributed by atoms with Gasteiger partial charge in [-0.15, -0.1) is 0 Å². The fourth-order valence-corrected chi connectivity index (χ4v) is 2.69. The number of furan rings is 1. The molecule has 1 aliphatic heterocycles. The van der Waals surface area contributed by atoms with Gasteiger partial charge in [0.25, 0.3) is 5.91 Å². The van der Waals surface area contributed by atoms with Crippen molar-refractivity contribution in [2.24, 2.45) is 0 Å². The van der Waals surface area contributed by atoms with E-state index in [2.05, 4.69) is 10.2 Å². The Morgan fingerprint density at radius 2 is 1.88 bits per heavy atom. The average molecular weight is 345 g/mol. The molecule has 0 saturated carbocycles. The number of morpholine rings is 1. The summed E-state index contributed by atoms with van der Waals surface area (Å²) < 4.78 is 10.3. The first-order chi connectivity index (χ1) is 12.1. The van der Waals surface area contributed by atoms with Crippen LogP contribution < -0.4 is 5.32 Å². The summed E-state index contributed by atoms with van der Waals surface area (Å²) in [4.78, 5) is 24.4. The molecule has 0 unspecified atom stereocenters. The topological polar surface area (TPSA) is 97.9 Å². The predicted molar refractivity (Wildman–Crippen MR) is 89.1 cm³/mol. The fraction of sp³-hybridized carbons (Fsp3) is 0.353. The van der Waals surface area contributed by atoms with Gasteiger partial charge in [0.2, 0.25) is 0 Å². The zero-order valence-corrected chi connectivity index (χ0v) is 13.6. The number of ether oxygens (including phenoxy) is 1. The number of hydrogen-bond donors (Lipinski definition) is 1. The summed E-state index contributed by atoms with van der Waals surface area (Å²) in [5.74, 6) is -0.996. The van der Waals surface area contributed by atoms with Crippen LogP contribution in [0, 0.1) is 10.1 Å². The summed E-state index contributed by atoms with van der Waals surface area (Å²) in [6, 6.07) is 10.3. The summed E-state index contributed by atoms with van der Waals surface area (Å²) in [7, 11) is 0. The second kappa shape index (κ2) is 7.91. The van der Waals surface area contributed by atoms with E-state index in [1.807, 2.05) is 24.3 Å².